The van der Waals surface area contributed by atoms with E-state index in [1.165, 1.54) is 21.9 Å². The second kappa shape index (κ2) is 10.4. The Balaban J connectivity index is 1.56. The highest BCUT2D eigenvalue weighted by molar-refractivity contribution is 6.01. The average Bonchev–Trinajstić information content (AvgIpc) is 3.58. The normalized spacial score (nSPS) is 11.8. The molecule has 0 saturated heterocycles. The Morgan fingerprint density at radius 2 is 1.81 bits per heavy atom. The third-order valence-corrected chi connectivity index (χ3v) is 6.05. The standard InChI is InChI=1S/C28H24FN5O3/c1-19-13-14-21(16-23(19)29)34(26(35)18-33-25-12-6-5-11-24(25)31-32-33)27(20-8-3-2-4-9-20)28(36)30-17-22-10-7-15-37-22/h2-16,27H,17-18H2,1H3,(H,30,36). The summed E-state index contributed by atoms with van der Waals surface area (Å²) in [5.41, 5.74) is 2.55. The third kappa shape index (κ3) is 5.11. The van der Waals surface area contributed by atoms with Crippen LogP contribution in [0.4, 0.5) is 10.1 Å². The highest BCUT2D eigenvalue weighted by Crippen LogP contribution is 2.30. The number of furan rings is 1. The van der Waals surface area contributed by atoms with Gasteiger partial charge in [-0.25, -0.2) is 9.07 Å². The fourth-order valence-corrected chi connectivity index (χ4v) is 4.14. The van der Waals surface area contributed by atoms with Crippen molar-refractivity contribution in [2.24, 2.45) is 0 Å². The lowest BCUT2D eigenvalue weighted by Gasteiger charge is -2.31. The molecule has 2 aromatic heterocycles. The number of nitrogens with zero attached hydrogens (tertiary/aromatic N) is 4. The van der Waals surface area contributed by atoms with Crippen molar-refractivity contribution in [2.75, 3.05) is 4.90 Å². The number of hydrogen-bond donors (Lipinski definition) is 1. The molecule has 9 heteroatoms. The Kier molecular flexibility index (Phi) is 6.76. The van der Waals surface area contributed by atoms with E-state index in [0.29, 0.717) is 27.9 Å². The predicted molar refractivity (Wildman–Crippen MR) is 136 cm³/mol. The molecule has 0 saturated carbocycles. The Bertz CT molecular complexity index is 1530. The van der Waals surface area contributed by atoms with E-state index in [4.69, 9.17) is 4.42 Å². The summed E-state index contributed by atoms with van der Waals surface area (Å²) in [5.74, 6) is -0.820. The molecule has 186 valence electrons. The van der Waals surface area contributed by atoms with Crippen LogP contribution in [-0.2, 0) is 22.7 Å². The van der Waals surface area contributed by atoms with E-state index in [1.54, 1.807) is 61.5 Å². The first-order valence-electron chi connectivity index (χ1n) is 11.7. The molecular formula is C28H24FN5O3. The molecule has 3 aromatic carbocycles. The predicted octanol–water partition coefficient (Wildman–Crippen LogP) is 4.56. The summed E-state index contributed by atoms with van der Waals surface area (Å²) in [6.45, 7) is 1.57. The van der Waals surface area contributed by atoms with E-state index in [-0.39, 0.29) is 18.8 Å². The lowest BCUT2D eigenvalue weighted by atomic mass is 10.0. The zero-order valence-corrected chi connectivity index (χ0v) is 20.0. The van der Waals surface area contributed by atoms with Gasteiger partial charge >= 0.3 is 0 Å². The summed E-state index contributed by atoms with van der Waals surface area (Å²) < 4.78 is 21.5. The molecule has 2 amide bonds. The van der Waals surface area contributed by atoms with E-state index < -0.39 is 23.7 Å². The Morgan fingerprint density at radius 3 is 2.57 bits per heavy atom. The molecule has 5 rings (SSSR count). The summed E-state index contributed by atoms with van der Waals surface area (Å²) in [5, 5.41) is 11.1. The van der Waals surface area contributed by atoms with Crippen LogP contribution >= 0.6 is 0 Å². The van der Waals surface area contributed by atoms with Gasteiger partial charge in [0.2, 0.25) is 11.8 Å². The molecule has 37 heavy (non-hydrogen) atoms. The van der Waals surface area contributed by atoms with Crippen LogP contribution in [0.5, 0.6) is 0 Å². The van der Waals surface area contributed by atoms with Crippen molar-refractivity contribution < 1.29 is 18.4 Å². The number of halogens is 1. The van der Waals surface area contributed by atoms with Crippen molar-refractivity contribution in [1.82, 2.24) is 20.3 Å². The first-order valence-corrected chi connectivity index (χ1v) is 11.7. The molecule has 8 nitrogen and oxygen atoms in total. The fraction of sp³-hybridized carbons (Fsp3) is 0.143. The first-order chi connectivity index (χ1) is 18.0. The zero-order valence-electron chi connectivity index (χ0n) is 20.0. The summed E-state index contributed by atoms with van der Waals surface area (Å²) >= 11 is 0. The van der Waals surface area contributed by atoms with Gasteiger partial charge in [0.05, 0.1) is 18.3 Å². The quantitative estimate of drug-likeness (QED) is 0.339. The molecule has 0 spiro atoms. The summed E-state index contributed by atoms with van der Waals surface area (Å²) in [6, 6.07) is 23.0. The van der Waals surface area contributed by atoms with Crippen LogP contribution < -0.4 is 10.2 Å². The van der Waals surface area contributed by atoms with E-state index in [1.807, 2.05) is 24.3 Å². The summed E-state index contributed by atoms with van der Waals surface area (Å²) in [6.07, 6.45) is 1.52. The molecule has 2 heterocycles. The highest BCUT2D eigenvalue weighted by atomic mass is 19.1. The molecule has 0 radical (unpaired) electrons. The zero-order chi connectivity index (χ0) is 25.8. The number of fused-ring (bicyclic) bond motifs is 1. The lowest BCUT2D eigenvalue weighted by Crippen LogP contribution is -2.45. The second-order valence-electron chi connectivity index (χ2n) is 8.54. The van der Waals surface area contributed by atoms with Crippen LogP contribution in [-0.4, -0.2) is 26.8 Å². The van der Waals surface area contributed by atoms with Gasteiger partial charge in [-0.1, -0.05) is 53.7 Å². The average molecular weight is 498 g/mol. The number of benzene rings is 3. The van der Waals surface area contributed by atoms with Crippen molar-refractivity contribution >= 4 is 28.5 Å². The van der Waals surface area contributed by atoms with Crippen LogP contribution in [0.25, 0.3) is 11.0 Å². The van der Waals surface area contributed by atoms with E-state index >= 15 is 0 Å². The summed E-state index contributed by atoms with van der Waals surface area (Å²) in [4.78, 5) is 28.9. The van der Waals surface area contributed by atoms with Crippen molar-refractivity contribution in [1.29, 1.82) is 0 Å². The molecule has 1 unspecified atom stereocenters. The number of aryl methyl sites for hydroxylation is 1. The third-order valence-electron chi connectivity index (χ3n) is 6.05. The van der Waals surface area contributed by atoms with E-state index in [9.17, 15) is 14.0 Å². The number of anilines is 1. The minimum Gasteiger partial charge on any atom is -0.467 e. The van der Waals surface area contributed by atoms with Gasteiger partial charge in [0.25, 0.3) is 0 Å². The topological polar surface area (TPSA) is 93.3 Å². The second-order valence-corrected chi connectivity index (χ2v) is 8.54. The number of hydrogen-bond acceptors (Lipinski definition) is 5. The minimum absolute atomic E-state index is 0.132. The molecule has 0 fully saturated rings. The van der Waals surface area contributed by atoms with Crippen LogP contribution in [0.1, 0.15) is 22.9 Å². The fourth-order valence-electron chi connectivity index (χ4n) is 4.14. The van der Waals surface area contributed by atoms with Crippen molar-refractivity contribution in [3.63, 3.8) is 0 Å². The van der Waals surface area contributed by atoms with Crippen molar-refractivity contribution in [3.8, 4) is 0 Å². The van der Waals surface area contributed by atoms with Gasteiger partial charge in [-0.3, -0.25) is 14.5 Å². The number of amides is 2. The minimum atomic E-state index is -1.08. The molecule has 0 aliphatic carbocycles. The number of aromatic nitrogens is 3. The van der Waals surface area contributed by atoms with Crippen LogP contribution in [0, 0.1) is 12.7 Å². The maximum atomic E-state index is 14.7. The smallest absolute Gasteiger partial charge is 0.249 e. The monoisotopic (exact) mass is 497 g/mol. The van der Waals surface area contributed by atoms with Gasteiger partial charge in [-0.05, 0) is 54.4 Å². The van der Waals surface area contributed by atoms with Gasteiger partial charge in [0.15, 0.2) is 0 Å². The van der Waals surface area contributed by atoms with Gasteiger partial charge in [-0.2, -0.15) is 0 Å². The van der Waals surface area contributed by atoms with Gasteiger partial charge < -0.3 is 9.73 Å². The number of carbonyl (C=O) groups is 2. The van der Waals surface area contributed by atoms with Crippen molar-refractivity contribution in [3.05, 3.63) is 114 Å². The number of carbonyl (C=O) groups excluding carboxylic acids is 2. The molecule has 1 atom stereocenters. The Morgan fingerprint density at radius 1 is 1.03 bits per heavy atom. The largest absolute Gasteiger partial charge is 0.467 e. The van der Waals surface area contributed by atoms with E-state index in [0.717, 1.165) is 0 Å². The molecule has 0 aliphatic heterocycles. The molecule has 1 N–H and O–H groups in total. The number of para-hydroxylation sites is 1. The van der Waals surface area contributed by atoms with Crippen LogP contribution in [0.2, 0.25) is 0 Å². The van der Waals surface area contributed by atoms with Gasteiger partial charge in [0.1, 0.15) is 29.7 Å². The SMILES string of the molecule is Cc1ccc(N(C(=O)Cn2nnc3ccccc32)C(C(=O)NCc2ccco2)c2ccccc2)cc1F. The maximum Gasteiger partial charge on any atom is 0.249 e. The van der Waals surface area contributed by atoms with E-state index in [2.05, 4.69) is 15.6 Å². The molecule has 0 bridgehead atoms. The van der Waals surface area contributed by atoms with Gasteiger partial charge in [0, 0.05) is 5.69 Å². The Labute approximate surface area is 212 Å². The van der Waals surface area contributed by atoms with Crippen LogP contribution in [0.15, 0.2) is 95.6 Å². The molecular weight excluding hydrogens is 473 g/mol. The number of nitrogens with one attached hydrogen (secondary N) is 1. The first kappa shape index (κ1) is 23.9. The highest BCUT2D eigenvalue weighted by Gasteiger charge is 2.33. The van der Waals surface area contributed by atoms with Crippen LogP contribution in [0.3, 0.4) is 0 Å². The molecule has 5 aromatic rings. The van der Waals surface area contributed by atoms with Crippen molar-refractivity contribution in [2.45, 2.75) is 26.1 Å². The summed E-state index contributed by atoms with van der Waals surface area (Å²) in [7, 11) is 0. The number of rotatable bonds is 8. The lowest BCUT2D eigenvalue weighted by molar-refractivity contribution is -0.127. The Hall–Kier alpha value is -4.79. The molecule has 0 aliphatic rings. The maximum absolute atomic E-state index is 14.7. The van der Waals surface area contributed by atoms with Gasteiger partial charge in [-0.15, -0.1) is 5.10 Å².